The van der Waals surface area contributed by atoms with Gasteiger partial charge < -0.3 is 74.7 Å². The number of benzene rings is 1. The number of esters is 1. The molecule has 10 atom stereocenters. The van der Waals surface area contributed by atoms with Gasteiger partial charge >= 0.3 is 5.97 Å². The van der Waals surface area contributed by atoms with E-state index in [-0.39, 0.29) is 176 Å². The highest BCUT2D eigenvalue weighted by molar-refractivity contribution is 5.94. The van der Waals surface area contributed by atoms with E-state index in [0.717, 1.165) is 65.9 Å². The fourth-order valence-corrected chi connectivity index (χ4v) is 17.6. The molecular formula is C81H127FN10O16. The largest absolute Gasteiger partial charge is 0.462 e. The van der Waals surface area contributed by atoms with E-state index in [0.29, 0.717) is 75.3 Å². The Morgan fingerprint density at radius 3 is 1.74 bits per heavy atom. The van der Waals surface area contributed by atoms with Gasteiger partial charge in [0, 0.05) is 82.5 Å². The van der Waals surface area contributed by atoms with E-state index >= 15 is 0 Å². The molecule has 1 saturated heterocycles. The van der Waals surface area contributed by atoms with E-state index in [2.05, 4.69) is 76.7 Å². The number of aromatic nitrogens is 3. The van der Waals surface area contributed by atoms with E-state index in [9.17, 15) is 42.7 Å². The van der Waals surface area contributed by atoms with Crippen LogP contribution in [0.15, 0.2) is 36.5 Å². The molecule has 4 saturated carbocycles. The molecule has 1 aliphatic heterocycles. The number of primary amides is 1. The molecule has 7 amide bonds. The maximum atomic E-state index is 14.0. The molecule has 1 aromatic carbocycles. The third kappa shape index (κ3) is 25.7. The fraction of sp³-hybridized carbons (Fsp3) is 0.753. The van der Waals surface area contributed by atoms with Crippen molar-refractivity contribution in [2.45, 2.75) is 208 Å². The number of carbonyl (C=O) groups excluding carboxylic acids is 8. The van der Waals surface area contributed by atoms with Crippen molar-refractivity contribution < 1.29 is 80.6 Å². The van der Waals surface area contributed by atoms with Gasteiger partial charge in [0.25, 0.3) is 5.91 Å². The van der Waals surface area contributed by atoms with Gasteiger partial charge in [-0.2, -0.15) is 5.10 Å². The maximum Gasteiger partial charge on any atom is 0.308 e. The molecule has 108 heavy (non-hydrogen) atoms. The van der Waals surface area contributed by atoms with Crippen molar-refractivity contribution in [3.05, 3.63) is 53.6 Å². The topological polar surface area (TPSA) is 321 Å². The average molecular weight is 1520 g/mol. The van der Waals surface area contributed by atoms with Gasteiger partial charge in [-0.05, 0) is 160 Å². The minimum absolute atomic E-state index is 0.00243. The summed E-state index contributed by atoms with van der Waals surface area (Å²) in [5.74, 6) is 1.98. The SMILES string of the molecule is CC(C)CCCC(C)[C@H]1CCC2C3CCC4C[C@@H](OC(=O)CC(NC(=O)CCOCCOCCNC(=O)CCOCCOCCOCCNC(=O)CCOCCOCCNC(=O)CCC(=O)N5CCN(C(=O)c6cn7nc(-c8ccc(F)cc8)cc(C(C)(C)C)c7n6)C(C)(C)C5)C(N)=O)CC[C@]4(C)C3CC[C@@]21C. The molecule has 8 rings (SSSR count). The van der Waals surface area contributed by atoms with Crippen molar-refractivity contribution in [1.29, 1.82) is 0 Å². The van der Waals surface area contributed by atoms with Crippen molar-refractivity contribution in [2.24, 2.45) is 58.0 Å². The van der Waals surface area contributed by atoms with Crippen LogP contribution in [0.2, 0.25) is 0 Å². The average Bonchev–Trinajstić information content (AvgIpc) is 1.39. The van der Waals surface area contributed by atoms with Crippen LogP contribution < -0.4 is 27.0 Å². The quantitative estimate of drug-likeness (QED) is 0.0261. The number of amides is 7. The number of halogens is 1. The third-order valence-electron chi connectivity index (χ3n) is 23.4. The Kier molecular flexibility index (Phi) is 33.8. The molecule has 6 unspecified atom stereocenters. The predicted octanol–water partition coefficient (Wildman–Crippen LogP) is 8.70. The predicted molar refractivity (Wildman–Crippen MR) is 405 cm³/mol. The first kappa shape index (κ1) is 86.8. The number of hydrogen-bond donors (Lipinski definition) is 5. The summed E-state index contributed by atoms with van der Waals surface area (Å²) in [6.07, 6.45) is 16.0. The standard InChI is InChI=1S/C81H127FN10O16/c1-55(2)12-11-13-56(3)62-20-21-63-61-19-16-58-50-60(24-29-80(58,9)64(61)25-30-81(62,63)10)108-74(98)52-67(75(83)99)87-72(96)28-38-103-43-46-105-40-32-85-71(95)27-37-102-44-48-107-49-47-106-41-33-86-70(94)26-36-101-42-45-104-39-31-84-69(93)22-23-73(97)90-34-35-91(79(7,8)54-90)77(100)68-53-92-76(88-68)65(78(4,5)6)51-66(89-92)57-14-17-59(82)18-15-57/h14-15,17-18,51,53,55-56,58,60-64,67H,11-13,16,19-50,52,54H2,1-10H3,(H2,83,99)(H,84,93)(H,85,95)(H,86,94)(H,87,96)/t56?,58?,60-,61?,62+,63?,64?,67?,80-,81+/m0/s1. The highest BCUT2D eigenvalue weighted by atomic mass is 19.1. The van der Waals surface area contributed by atoms with Gasteiger partial charge in [-0.25, -0.2) is 13.9 Å². The van der Waals surface area contributed by atoms with Crippen LogP contribution in [-0.2, 0) is 76.9 Å². The number of fused-ring (bicyclic) bond motifs is 6. The molecule has 0 spiro atoms. The first-order valence-corrected chi connectivity index (χ1v) is 39.9. The maximum absolute atomic E-state index is 14.0. The number of nitrogens with zero attached hydrogens (tertiary/aromatic N) is 5. The smallest absolute Gasteiger partial charge is 0.308 e. The number of nitrogens with one attached hydrogen (secondary N) is 4. The normalized spacial score (nSPS) is 23.1. The highest BCUT2D eigenvalue weighted by Gasteiger charge is 2.61. The lowest BCUT2D eigenvalue weighted by Crippen LogP contribution is -2.62. The molecule has 4 aliphatic carbocycles. The molecule has 0 radical (unpaired) electrons. The lowest BCUT2D eigenvalue weighted by atomic mass is 9.44. The molecule has 0 bridgehead atoms. The van der Waals surface area contributed by atoms with Crippen molar-refractivity contribution >= 4 is 53.0 Å². The number of carbonyl (C=O) groups is 8. The molecule has 604 valence electrons. The summed E-state index contributed by atoms with van der Waals surface area (Å²) in [6, 6.07) is 6.84. The Morgan fingerprint density at radius 2 is 1.18 bits per heavy atom. The zero-order valence-corrected chi connectivity index (χ0v) is 66.3. The van der Waals surface area contributed by atoms with Crippen molar-refractivity contribution in [2.75, 3.05) is 132 Å². The zero-order chi connectivity index (χ0) is 78.0. The summed E-state index contributed by atoms with van der Waals surface area (Å²) in [7, 11) is 0. The number of nitrogens with two attached hydrogens (primary N) is 1. The van der Waals surface area contributed by atoms with Gasteiger partial charge in [-0.15, -0.1) is 0 Å². The van der Waals surface area contributed by atoms with E-state index < -0.39 is 29.4 Å². The van der Waals surface area contributed by atoms with Crippen LogP contribution >= 0.6 is 0 Å². The van der Waals surface area contributed by atoms with E-state index in [4.69, 9.17) is 53.7 Å². The molecule has 3 aromatic rings. The second-order valence-corrected chi connectivity index (χ2v) is 33.1. The van der Waals surface area contributed by atoms with E-state index in [1.54, 1.807) is 32.6 Å². The van der Waals surface area contributed by atoms with Crippen LogP contribution in [0.4, 0.5) is 4.39 Å². The lowest BCUT2D eigenvalue weighted by molar-refractivity contribution is -0.163. The fourth-order valence-electron chi connectivity index (χ4n) is 17.6. The van der Waals surface area contributed by atoms with Crippen LogP contribution in [0, 0.1) is 58.1 Å². The third-order valence-corrected chi connectivity index (χ3v) is 23.4. The van der Waals surface area contributed by atoms with Gasteiger partial charge in [0.2, 0.25) is 35.4 Å². The molecular weight excluding hydrogens is 1390 g/mol. The summed E-state index contributed by atoms with van der Waals surface area (Å²) >= 11 is 0. The van der Waals surface area contributed by atoms with Crippen LogP contribution in [0.5, 0.6) is 0 Å². The Morgan fingerprint density at radius 1 is 0.630 bits per heavy atom. The van der Waals surface area contributed by atoms with E-state index in [1.807, 2.05) is 19.9 Å². The van der Waals surface area contributed by atoms with Gasteiger partial charge in [0.15, 0.2) is 5.65 Å². The minimum atomic E-state index is -1.18. The minimum Gasteiger partial charge on any atom is -0.462 e. The number of piperazine rings is 1. The number of ether oxygens (including phenoxy) is 8. The first-order valence-electron chi connectivity index (χ1n) is 39.9. The lowest BCUT2D eigenvalue weighted by Gasteiger charge is -2.61. The Bertz CT molecular complexity index is 3400. The van der Waals surface area contributed by atoms with Crippen LogP contribution in [0.25, 0.3) is 16.9 Å². The monoisotopic (exact) mass is 1510 g/mol. The molecule has 27 heteroatoms. The Labute approximate surface area is 639 Å². The number of rotatable bonds is 45. The summed E-state index contributed by atoms with van der Waals surface area (Å²) in [5, 5.41) is 15.6. The van der Waals surface area contributed by atoms with Crippen LogP contribution in [0.3, 0.4) is 0 Å². The van der Waals surface area contributed by atoms with E-state index in [1.165, 1.54) is 69.9 Å². The highest BCUT2D eigenvalue weighted by Crippen LogP contribution is 2.68. The summed E-state index contributed by atoms with van der Waals surface area (Å²) < 4.78 is 60.0. The second kappa shape index (κ2) is 42.0. The Hall–Kier alpha value is -6.75. The molecule has 6 N–H and O–H groups in total. The van der Waals surface area contributed by atoms with Gasteiger partial charge in [0.05, 0.1) is 116 Å². The number of hydrogen-bond acceptors (Lipinski definition) is 18. The molecule has 2 aromatic heterocycles. The van der Waals surface area contributed by atoms with Gasteiger partial charge in [-0.1, -0.05) is 74.7 Å². The molecule has 5 aliphatic rings. The second-order valence-electron chi connectivity index (χ2n) is 33.1. The van der Waals surface area contributed by atoms with Gasteiger partial charge in [0.1, 0.15) is 23.7 Å². The number of imidazole rings is 1. The van der Waals surface area contributed by atoms with Crippen LogP contribution in [0.1, 0.15) is 201 Å². The zero-order valence-electron chi connectivity index (χ0n) is 66.3. The Balaban J connectivity index is 0.541. The molecule has 5 fully saturated rings. The summed E-state index contributed by atoms with van der Waals surface area (Å²) in [4.78, 5) is 111. The van der Waals surface area contributed by atoms with Crippen molar-refractivity contribution in [3.8, 4) is 11.3 Å². The van der Waals surface area contributed by atoms with Crippen molar-refractivity contribution in [1.82, 2.24) is 45.7 Å². The summed E-state index contributed by atoms with van der Waals surface area (Å²) in [5.41, 5.74) is 8.29. The molecule has 3 heterocycles. The summed E-state index contributed by atoms with van der Waals surface area (Å²) in [6.45, 7) is 27.6. The van der Waals surface area contributed by atoms with Crippen molar-refractivity contribution in [3.63, 3.8) is 0 Å². The van der Waals surface area contributed by atoms with Gasteiger partial charge in [-0.3, -0.25) is 38.4 Å². The first-order chi connectivity index (χ1) is 51.6. The molecule has 26 nitrogen and oxygen atoms in total. The van der Waals surface area contributed by atoms with Crippen LogP contribution in [-0.4, -0.2) is 221 Å².